The molecule has 2 rings (SSSR count). The van der Waals surface area contributed by atoms with Crippen molar-refractivity contribution in [1.29, 1.82) is 0 Å². The molecule has 1 aromatic rings. The summed E-state index contributed by atoms with van der Waals surface area (Å²) < 4.78 is 5.87. The fourth-order valence-corrected chi connectivity index (χ4v) is 2.99. The van der Waals surface area contributed by atoms with Crippen LogP contribution in [0, 0.1) is 0 Å². The first kappa shape index (κ1) is 14.9. The summed E-state index contributed by atoms with van der Waals surface area (Å²) in [5.41, 5.74) is 0. The third-order valence-electron chi connectivity index (χ3n) is 3.46. The fourth-order valence-electron chi connectivity index (χ4n) is 2.29. The molecule has 1 aromatic heterocycles. The Balaban J connectivity index is 1.46. The van der Waals surface area contributed by atoms with Gasteiger partial charge < -0.3 is 15.4 Å². The van der Waals surface area contributed by atoms with Gasteiger partial charge in [-0.1, -0.05) is 6.92 Å². The molecule has 5 heteroatoms. The lowest BCUT2D eigenvalue weighted by Gasteiger charge is -2.23. The Bertz CT molecular complexity index is 325. The molecule has 0 bridgehead atoms. The molecule has 1 aliphatic rings. The van der Waals surface area contributed by atoms with Gasteiger partial charge in [-0.25, -0.2) is 4.98 Å². The van der Waals surface area contributed by atoms with Gasteiger partial charge in [0.15, 0.2) is 0 Å². The molecule has 1 unspecified atom stereocenters. The lowest BCUT2D eigenvalue weighted by atomic mass is 10.1. The largest absolute Gasteiger partial charge is 0.378 e. The van der Waals surface area contributed by atoms with E-state index in [1.54, 1.807) is 11.3 Å². The van der Waals surface area contributed by atoms with Crippen LogP contribution in [0.3, 0.4) is 0 Å². The van der Waals surface area contributed by atoms with Gasteiger partial charge in [-0.05, 0) is 38.9 Å². The lowest BCUT2D eigenvalue weighted by Crippen LogP contribution is -2.33. The van der Waals surface area contributed by atoms with Gasteiger partial charge in [-0.2, -0.15) is 0 Å². The maximum Gasteiger partial charge on any atom is 0.0965 e. The van der Waals surface area contributed by atoms with Gasteiger partial charge in [0.25, 0.3) is 0 Å². The van der Waals surface area contributed by atoms with Crippen LogP contribution in [0.2, 0.25) is 0 Å². The Kier molecular flexibility index (Phi) is 6.78. The first-order valence-electron chi connectivity index (χ1n) is 7.28. The number of nitrogens with zero attached hydrogens (tertiary/aromatic N) is 1. The van der Waals surface area contributed by atoms with Crippen molar-refractivity contribution in [3.05, 3.63) is 16.6 Å². The van der Waals surface area contributed by atoms with Crippen LogP contribution < -0.4 is 10.6 Å². The van der Waals surface area contributed by atoms with E-state index in [4.69, 9.17) is 4.74 Å². The number of nitrogens with one attached hydrogen (secondary N) is 2. The van der Waals surface area contributed by atoms with Crippen molar-refractivity contribution in [1.82, 2.24) is 15.6 Å². The summed E-state index contributed by atoms with van der Waals surface area (Å²) in [5, 5.41) is 10.1. The van der Waals surface area contributed by atoms with Gasteiger partial charge in [-0.3, -0.25) is 0 Å². The monoisotopic (exact) mass is 283 g/mol. The zero-order valence-corrected chi connectivity index (χ0v) is 12.5. The topological polar surface area (TPSA) is 46.2 Å². The minimum Gasteiger partial charge on any atom is -0.378 e. The summed E-state index contributed by atoms with van der Waals surface area (Å²) in [7, 11) is 0. The summed E-state index contributed by atoms with van der Waals surface area (Å²) in [6.45, 7) is 7.34. The van der Waals surface area contributed by atoms with E-state index in [1.807, 2.05) is 11.6 Å². The molecule has 2 heterocycles. The van der Waals surface area contributed by atoms with E-state index < -0.39 is 0 Å². The highest BCUT2D eigenvalue weighted by molar-refractivity contribution is 7.09. The highest BCUT2D eigenvalue weighted by Crippen LogP contribution is 2.16. The average Bonchev–Trinajstić information content (AvgIpc) is 2.98. The summed E-state index contributed by atoms with van der Waals surface area (Å²) in [5.74, 6) is 0.505. The second-order valence-electron chi connectivity index (χ2n) is 5.15. The molecule has 0 amide bonds. The Labute approximate surface area is 120 Å². The summed E-state index contributed by atoms with van der Waals surface area (Å²) in [6, 6.07) is 0. The zero-order chi connectivity index (χ0) is 13.3. The van der Waals surface area contributed by atoms with Crippen LogP contribution in [-0.2, 0) is 4.74 Å². The van der Waals surface area contributed by atoms with E-state index in [0.29, 0.717) is 12.0 Å². The highest BCUT2D eigenvalue weighted by Gasteiger charge is 2.12. The number of ether oxygens (including phenoxy) is 1. The van der Waals surface area contributed by atoms with Gasteiger partial charge in [0.05, 0.1) is 11.1 Å². The second-order valence-corrected chi connectivity index (χ2v) is 6.08. The van der Waals surface area contributed by atoms with Crippen LogP contribution in [0.25, 0.3) is 0 Å². The summed E-state index contributed by atoms with van der Waals surface area (Å²) in [4.78, 5) is 4.34. The van der Waals surface area contributed by atoms with Crippen LogP contribution in [0.15, 0.2) is 11.6 Å². The van der Waals surface area contributed by atoms with Crippen molar-refractivity contribution in [2.24, 2.45) is 0 Å². The SMILES string of the molecule is CC(CNCCCOC1CCNCC1)c1nccs1. The molecular formula is C14H25N3OS. The standard InChI is InChI=1S/C14H25N3OS/c1-12(14-17-8-10-19-14)11-16-5-2-9-18-13-3-6-15-7-4-13/h8,10,12-13,15-16H,2-7,9,11H2,1H3. The van der Waals surface area contributed by atoms with Crippen molar-refractivity contribution < 1.29 is 4.74 Å². The number of piperidine rings is 1. The molecule has 1 saturated heterocycles. The van der Waals surface area contributed by atoms with Crippen molar-refractivity contribution >= 4 is 11.3 Å². The van der Waals surface area contributed by atoms with Gasteiger partial charge in [-0.15, -0.1) is 11.3 Å². The van der Waals surface area contributed by atoms with E-state index in [-0.39, 0.29) is 0 Å². The third kappa shape index (κ3) is 5.57. The number of aromatic nitrogens is 1. The molecular weight excluding hydrogens is 258 g/mol. The van der Waals surface area contributed by atoms with E-state index in [2.05, 4.69) is 22.5 Å². The maximum atomic E-state index is 5.87. The Morgan fingerprint density at radius 2 is 2.37 bits per heavy atom. The fraction of sp³-hybridized carbons (Fsp3) is 0.786. The maximum absolute atomic E-state index is 5.87. The lowest BCUT2D eigenvalue weighted by molar-refractivity contribution is 0.0318. The minimum absolute atomic E-state index is 0.482. The van der Waals surface area contributed by atoms with Crippen molar-refractivity contribution in [3.63, 3.8) is 0 Å². The van der Waals surface area contributed by atoms with Crippen LogP contribution in [0.4, 0.5) is 0 Å². The van der Waals surface area contributed by atoms with Crippen molar-refractivity contribution in [2.75, 3.05) is 32.8 Å². The van der Waals surface area contributed by atoms with Crippen molar-refractivity contribution in [2.45, 2.75) is 38.2 Å². The molecule has 108 valence electrons. The average molecular weight is 283 g/mol. The van der Waals surface area contributed by atoms with Gasteiger partial charge in [0.1, 0.15) is 0 Å². The summed E-state index contributed by atoms with van der Waals surface area (Å²) in [6.07, 6.45) is 5.77. The predicted molar refractivity (Wildman–Crippen MR) is 79.9 cm³/mol. The van der Waals surface area contributed by atoms with Crippen molar-refractivity contribution in [3.8, 4) is 0 Å². The Morgan fingerprint density at radius 1 is 1.53 bits per heavy atom. The van der Waals surface area contributed by atoms with Crippen LogP contribution in [-0.4, -0.2) is 43.9 Å². The second kappa shape index (κ2) is 8.64. The Morgan fingerprint density at radius 3 is 3.11 bits per heavy atom. The van der Waals surface area contributed by atoms with Gasteiger partial charge >= 0.3 is 0 Å². The smallest absolute Gasteiger partial charge is 0.0965 e. The molecule has 4 nitrogen and oxygen atoms in total. The van der Waals surface area contributed by atoms with E-state index >= 15 is 0 Å². The molecule has 1 fully saturated rings. The molecule has 0 aromatic carbocycles. The molecule has 2 N–H and O–H groups in total. The third-order valence-corrected chi connectivity index (χ3v) is 4.47. The predicted octanol–water partition coefficient (Wildman–Crippen LogP) is 1.99. The van der Waals surface area contributed by atoms with E-state index in [9.17, 15) is 0 Å². The quantitative estimate of drug-likeness (QED) is 0.716. The van der Waals surface area contributed by atoms with Crippen LogP contribution in [0.5, 0.6) is 0 Å². The molecule has 0 spiro atoms. The first-order valence-corrected chi connectivity index (χ1v) is 8.16. The number of rotatable bonds is 8. The highest BCUT2D eigenvalue weighted by atomic mass is 32.1. The zero-order valence-electron chi connectivity index (χ0n) is 11.7. The molecule has 1 aliphatic heterocycles. The van der Waals surface area contributed by atoms with E-state index in [0.717, 1.165) is 52.0 Å². The van der Waals surface area contributed by atoms with Crippen LogP contribution in [0.1, 0.15) is 37.1 Å². The number of hydrogen-bond acceptors (Lipinski definition) is 5. The molecule has 19 heavy (non-hydrogen) atoms. The van der Waals surface area contributed by atoms with Crippen LogP contribution >= 0.6 is 11.3 Å². The molecule has 0 aliphatic carbocycles. The normalized spacial score (nSPS) is 18.6. The molecule has 0 saturated carbocycles. The Hall–Kier alpha value is -0.490. The molecule has 0 radical (unpaired) electrons. The number of thiazole rings is 1. The van der Waals surface area contributed by atoms with E-state index in [1.165, 1.54) is 5.01 Å². The number of hydrogen-bond donors (Lipinski definition) is 2. The minimum atomic E-state index is 0.482. The summed E-state index contributed by atoms with van der Waals surface area (Å²) >= 11 is 1.74. The molecule has 1 atom stereocenters. The van der Waals surface area contributed by atoms with Gasteiger partial charge in [0.2, 0.25) is 0 Å². The van der Waals surface area contributed by atoms with Gasteiger partial charge in [0, 0.05) is 30.6 Å². The first-order chi connectivity index (χ1) is 9.36.